The van der Waals surface area contributed by atoms with Gasteiger partial charge in [-0.3, -0.25) is 0 Å². The van der Waals surface area contributed by atoms with Crippen LogP contribution in [0.4, 0.5) is 8.78 Å². The van der Waals surface area contributed by atoms with Crippen LogP contribution >= 0.6 is 38.5 Å². The zero-order valence-electron chi connectivity index (χ0n) is 5.56. The first-order valence-electron chi connectivity index (χ1n) is 2.85. The van der Waals surface area contributed by atoms with E-state index in [0.717, 1.165) is 6.07 Å². The van der Waals surface area contributed by atoms with Crippen molar-refractivity contribution in [3.63, 3.8) is 0 Å². The lowest BCUT2D eigenvalue weighted by Gasteiger charge is -2.03. The lowest BCUT2D eigenvalue weighted by atomic mass is 10.3. The number of alkyl halides is 2. The summed E-state index contributed by atoms with van der Waals surface area (Å²) in [4.78, 5) is 3.44. The molecule has 0 saturated heterocycles. The Bertz CT molecular complexity index is 285. The first-order chi connectivity index (χ1) is 5.52. The molecule has 0 spiro atoms. The average molecular weight is 350 g/mol. The van der Waals surface area contributed by atoms with Crippen molar-refractivity contribution in [3.8, 4) is 5.75 Å². The fourth-order valence-corrected chi connectivity index (χ4v) is 1.97. The summed E-state index contributed by atoms with van der Waals surface area (Å²) < 4.78 is 24.6. The Morgan fingerprint density at radius 2 is 2.17 bits per heavy atom. The molecule has 1 heterocycles. The van der Waals surface area contributed by atoms with E-state index in [0.29, 0.717) is 3.57 Å². The average Bonchev–Trinajstić information content (AvgIpc) is 1.99. The van der Waals surface area contributed by atoms with Gasteiger partial charge in [-0.15, -0.1) is 0 Å². The predicted octanol–water partition coefficient (Wildman–Crippen LogP) is 3.09. The van der Waals surface area contributed by atoms with E-state index in [9.17, 15) is 8.78 Å². The van der Waals surface area contributed by atoms with E-state index < -0.39 is 6.43 Å². The summed E-state index contributed by atoms with van der Waals surface area (Å²) in [5.74, 6) is -0.111. The van der Waals surface area contributed by atoms with Crippen LogP contribution < -0.4 is 0 Å². The van der Waals surface area contributed by atoms with Crippen LogP contribution in [0.25, 0.3) is 0 Å². The molecule has 6 heteroatoms. The van der Waals surface area contributed by atoms with Crippen LogP contribution in [-0.4, -0.2) is 10.1 Å². The molecule has 0 aliphatic heterocycles. The highest BCUT2D eigenvalue weighted by Gasteiger charge is 2.13. The van der Waals surface area contributed by atoms with Crippen molar-refractivity contribution < 1.29 is 13.9 Å². The van der Waals surface area contributed by atoms with E-state index in [4.69, 9.17) is 5.11 Å². The minimum Gasteiger partial charge on any atom is -0.504 e. The van der Waals surface area contributed by atoms with Crippen LogP contribution in [-0.2, 0) is 0 Å². The van der Waals surface area contributed by atoms with Gasteiger partial charge in [0.05, 0.1) is 3.57 Å². The summed E-state index contributed by atoms with van der Waals surface area (Å²) in [6.07, 6.45) is -2.62. The normalized spacial score (nSPS) is 10.8. The largest absolute Gasteiger partial charge is 0.504 e. The SMILES string of the molecule is Oc1c(I)cc(C(F)F)nc1Br. The van der Waals surface area contributed by atoms with Crippen molar-refractivity contribution >= 4 is 38.5 Å². The number of aromatic nitrogens is 1. The third-order valence-corrected chi connectivity index (χ3v) is 2.52. The van der Waals surface area contributed by atoms with E-state index in [-0.39, 0.29) is 16.0 Å². The molecule has 0 aromatic carbocycles. The van der Waals surface area contributed by atoms with Gasteiger partial charge in [0.2, 0.25) is 0 Å². The molecule has 0 saturated carbocycles. The van der Waals surface area contributed by atoms with Gasteiger partial charge >= 0.3 is 0 Å². The third-order valence-electron chi connectivity index (χ3n) is 1.15. The number of aromatic hydroxyl groups is 1. The molecule has 1 N–H and O–H groups in total. The van der Waals surface area contributed by atoms with E-state index in [1.165, 1.54) is 0 Å². The van der Waals surface area contributed by atoms with Gasteiger partial charge in [-0.25, -0.2) is 13.8 Å². The Labute approximate surface area is 89.3 Å². The van der Waals surface area contributed by atoms with Crippen molar-refractivity contribution in [2.75, 3.05) is 0 Å². The monoisotopic (exact) mass is 349 g/mol. The van der Waals surface area contributed by atoms with Crippen LogP contribution in [0.3, 0.4) is 0 Å². The Kier molecular flexibility index (Phi) is 3.22. The highest BCUT2D eigenvalue weighted by atomic mass is 127. The molecule has 0 radical (unpaired) electrons. The van der Waals surface area contributed by atoms with Gasteiger partial charge in [-0.05, 0) is 44.6 Å². The zero-order chi connectivity index (χ0) is 9.30. The first kappa shape index (κ1) is 10.1. The molecule has 0 unspecified atom stereocenters. The zero-order valence-corrected chi connectivity index (χ0v) is 9.30. The maximum Gasteiger partial charge on any atom is 0.280 e. The minimum absolute atomic E-state index is 0.0460. The van der Waals surface area contributed by atoms with Crippen LogP contribution in [0, 0.1) is 3.57 Å². The number of nitrogens with zero attached hydrogens (tertiary/aromatic N) is 1. The van der Waals surface area contributed by atoms with Crippen LogP contribution in [0.2, 0.25) is 0 Å². The van der Waals surface area contributed by atoms with Crippen LogP contribution in [0.5, 0.6) is 5.75 Å². The van der Waals surface area contributed by atoms with Gasteiger partial charge in [-0.2, -0.15) is 0 Å². The van der Waals surface area contributed by atoms with Gasteiger partial charge < -0.3 is 5.11 Å². The molecule has 0 aliphatic rings. The molecule has 0 fully saturated rings. The summed E-state index contributed by atoms with van der Waals surface area (Å²) in [6.45, 7) is 0. The molecule has 12 heavy (non-hydrogen) atoms. The quantitative estimate of drug-likeness (QED) is 0.624. The second-order valence-corrected chi connectivity index (χ2v) is 3.88. The molecule has 1 aromatic rings. The van der Waals surface area contributed by atoms with Gasteiger partial charge in [0.15, 0.2) is 5.75 Å². The van der Waals surface area contributed by atoms with Crippen molar-refractivity contribution in [2.24, 2.45) is 0 Å². The number of halogens is 4. The second-order valence-electron chi connectivity index (χ2n) is 1.97. The smallest absolute Gasteiger partial charge is 0.280 e. The molecule has 0 atom stereocenters. The Morgan fingerprint density at radius 1 is 1.58 bits per heavy atom. The van der Waals surface area contributed by atoms with E-state index in [1.807, 2.05) is 0 Å². The van der Waals surface area contributed by atoms with Gasteiger partial charge in [-0.1, -0.05) is 0 Å². The lowest BCUT2D eigenvalue weighted by Crippen LogP contribution is -1.92. The standard InChI is InChI=1S/C6H3BrF2INO/c7-5-4(12)2(10)1-3(11-5)6(8)9/h1,6,12H. The van der Waals surface area contributed by atoms with Crippen molar-refractivity contribution in [1.82, 2.24) is 4.98 Å². The third kappa shape index (κ3) is 2.03. The maximum absolute atomic E-state index is 12.1. The van der Waals surface area contributed by atoms with Gasteiger partial charge in [0, 0.05) is 0 Å². The minimum atomic E-state index is -2.62. The molecule has 1 aromatic heterocycles. The fourth-order valence-electron chi connectivity index (χ4n) is 0.607. The molecular weight excluding hydrogens is 347 g/mol. The highest BCUT2D eigenvalue weighted by Crippen LogP contribution is 2.30. The number of hydrogen-bond acceptors (Lipinski definition) is 2. The molecular formula is C6H3BrF2INO. The Balaban J connectivity index is 3.21. The first-order valence-corrected chi connectivity index (χ1v) is 4.72. The topological polar surface area (TPSA) is 33.1 Å². The summed E-state index contributed by atoms with van der Waals surface area (Å²) in [7, 11) is 0. The molecule has 0 amide bonds. The van der Waals surface area contributed by atoms with Gasteiger partial charge in [0.25, 0.3) is 6.43 Å². The molecule has 0 aliphatic carbocycles. The lowest BCUT2D eigenvalue weighted by molar-refractivity contribution is 0.145. The number of pyridine rings is 1. The Hall–Kier alpha value is 0.0200. The van der Waals surface area contributed by atoms with Crippen LogP contribution in [0.15, 0.2) is 10.7 Å². The van der Waals surface area contributed by atoms with Crippen molar-refractivity contribution in [3.05, 3.63) is 19.9 Å². The van der Waals surface area contributed by atoms with E-state index >= 15 is 0 Å². The Morgan fingerprint density at radius 3 is 2.58 bits per heavy atom. The maximum atomic E-state index is 12.1. The summed E-state index contributed by atoms with van der Waals surface area (Å²) >= 11 is 4.62. The van der Waals surface area contributed by atoms with Crippen molar-refractivity contribution in [1.29, 1.82) is 0 Å². The predicted molar refractivity (Wildman–Crippen MR) is 51.3 cm³/mol. The summed E-state index contributed by atoms with van der Waals surface area (Å²) in [5.41, 5.74) is -0.343. The summed E-state index contributed by atoms with van der Waals surface area (Å²) in [6, 6.07) is 1.14. The summed E-state index contributed by atoms with van der Waals surface area (Å²) in [5, 5.41) is 9.15. The number of hydrogen-bond donors (Lipinski definition) is 1. The van der Waals surface area contributed by atoms with E-state index in [2.05, 4.69) is 20.9 Å². The van der Waals surface area contributed by atoms with E-state index in [1.54, 1.807) is 22.6 Å². The number of rotatable bonds is 1. The second kappa shape index (κ2) is 3.82. The van der Waals surface area contributed by atoms with Crippen LogP contribution in [0.1, 0.15) is 12.1 Å². The van der Waals surface area contributed by atoms with Crippen molar-refractivity contribution in [2.45, 2.75) is 6.43 Å². The molecule has 1 rings (SSSR count). The molecule has 0 bridgehead atoms. The highest BCUT2D eigenvalue weighted by molar-refractivity contribution is 14.1. The van der Waals surface area contributed by atoms with Gasteiger partial charge in [0.1, 0.15) is 10.3 Å². The molecule has 66 valence electrons. The molecule has 2 nitrogen and oxygen atoms in total. The fraction of sp³-hybridized carbons (Fsp3) is 0.167.